The fourth-order valence-electron chi connectivity index (χ4n) is 4.59. The first-order chi connectivity index (χ1) is 16.1. The minimum Gasteiger partial charge on any atom is -0.377 e. The van der Waals surface area contributed by atoms with Crippen LogP contribution in [0.2, 0.25) is 0 Å². The minimum absolute atomic E-state index is 0.0835. The molecule has 1 aromatic heterocycles. The van der Waals surface area contributed by atoms with Gasteiger partial charge in [-0.05, 0) is 44.7 Å². The molecule has 1 fully saturated rings. The van der Waals surface area contributed by atoms with Crippen LogP contribution in [-0.4, -0.2) is 58.7 Å². The molecule has 0 aliphatic heterocycles. The Morgan fingerprint density at radius 1 is 0.853 bits per heavy atom. The molecule has 0 bridgehead atoms. The van der Waals surface area contributed by atoms with Gasteiger partial charge in [-0.25, -0.2) is 23.1 Å². The molecule has 1 aliphatic carbocycles. The van der Waals surface area contributed by atoms with E-state index in [1.807, 2.05) is 81.3 Å². The first-order valence-corrected chi connectivity index (χ1v) is 13.1. The number of aromatic nitrogens is 2. The highest BCUT2D eigenvalue weighted by Crippen LogP contribution is 2.31. The lowest BCUT2D eigenvalue weighted by Crippen LogP contribution is -2.40. The highest BCUT2D eigenvalue weighted by molar-refractivity contribution is 7.89. The van der Waals surface area contributed by atoms with E-state index in [4.69, 9.17) is 0 Å². The SMILES string of the molecule is Cc1nc(NC2CCC(NS(=O)(=O)c3cccc4c(N(C)C)cccc34)CC2)cc(N(C)C)n1. The molecule has 34 heavy (non-hydrogen) atoms. The third-order valence-corrected chi connectivity index (χ3v) is 7.89. The number of benzene rings is 2. The Hall–Kier alpha value is -2.91. The Kier molecular flexibility index (Phi) is 6.95. The van der Waals surface area contributed by atoms with E-state index >= 15 is 0 Å². The summed E-state index contributed by atoms with van der Waals surface area (Å²) >= 11 is 0. The summed E-state index contributed by atoms with van der Waals surface area (Å²) in [6, 6.07) is 13.4. The zero-order valence-corrected chi connectivity index (χ0v) is 21.4. The maximum absolute atomic E-state index is 13.3. The molecule has 0 saturated heterocycles. The van der Waals surface area contributed by atoms with Gasteiger partial charge in [0.2, 0.25) is 10.0 Å². The van der Waals surface area contributed by atoms with Gasteiger partial charge in [-0.3, -0.25) is 0 Å². The molecule has 8 nitrogen and oxygen atoms in total. The number of hydrogen-bond donors (Lipinski definition) is 2. The largest absolute Gasteiger partial charge is 0.377 e. The van der Waals surface area contributed by atoms with Gasteiger partial charge in [-0.2, -0.15) is 0 Å². The predicted molar refractivity (Wildman–Crippen MR) is 139 cm³/mol. The van der Waals surface area contributed by atoms with Crippen LogP contribution in [0.25, 0.3) is 10.8 Å². The van der Waals surface area contributed by atoms with Crippen LogP contribution in [0.3, 0.4) is 0 Å². The van der Waals surface area contributed by atoms with Gasteiger partial charge in [0.1, 0.15) is 17.5 Å². The Morgan fingerprint density at radius 2 is 1.50 bits per heavy atom. The second kappa shape index (κ2) is 9.76. The maximum Gasteiger partial charge on any atom is 0.241 e. The van der Waals surface area contributed by atoms with Gasteiger partial charge in [0.15, 0.2) is 0 Å². The molecule has 0 amide bonds. The number of nitrogens with one attached hydrogen (secondary N) is 2. The summed E-state index contributed by atoms with van der Waals surface area (Å²) in [5, 5.41) is 5.19. The van der Waals surface area contributed by atoms with Crippen molar-refractivity contribution in [1.29, 1.82) is 0 Å². The molecule has 1 aliphatic rings. The summed E-state index contributed by atoms with van der Waals surface area (Å²) in [6.07, 6.45) is 3.28. The smallest absolute Gasteiger partial charge is 0.241 e. The summed E-state index contributed by atoms with van der Waals surface area (Å²) < 4.78 is 29.7. The van der Waals surface area contributed by atoms with Crippen molar-refractivity contribution in [2.75, 3.05) is 43.3 Å². The van der Waals surface area contributed by atoms with Crippen LogP contribution in [0.15, 0.2) is 47.4 Å². The average Bonchev–Trinajstić information content (AvgIpc) is 2.79. The molecule has 0 radical (unpaired) electrons. The Bertz CT molecular complexity index is 1270. The number of sulfonamides is 1. The van der Waals surface area contributed by atoms with Crippen molar-refractivity contribution < 1.29 is 8.42 Å². The average molecular weight is 483 g/mol. The molecule has 1 heterocycles. The van der Waals surface area contributed by atoms with E-state index in [9.17, 15) is 8.42 Å². The normalized spacial score (nSPS) is 18.6. The van der Waals surface area contributed by atoms with Crippen LogP contribution in [0.4, 0.5) is 17.3 Å². The fourth-order valence-corrected chi connectivity index (χ4v) is 6.12. The monoisotopic (exact) mass is 482 g/mol. The number of hydrogen-bond acceptors (Lipinski definition) is 7. The van der Waals surface area contributed by atoms with Crippen LogP contribution in [0.5, 0.6) is 0 Å². The van der Waals surface area contributed by atoms with Gasteiger partial charge in [0, 0.05) is 62.8 Å². The van der Waals surface area contributed by atoms with Gasteiger partial charge in [0.25, 0.3) is 0 Å². The van der Waals surface area contributed by atoms with E-state index in [1.54, 1.807) is 6.07 Å². The lowest BCUT2D eigenvalue weighted by Gasteiger charge is -2.30. The summed E-state index contributed by atoms with van der Waals surface area (Å²) in [4.78, 5) is 13.2. The third-order valence-electron chi connectivity index (χ3n) is 6.31. The van der Waals surface area contributed by atoms with Gasteiger partial charge in [-0.1, -0.05) is 24.3 Å². The fraction of sp³-hybridized carbons (Fsp3) is 0.440. The van der Waals surface area contributed by atoms with E-state index in [0.29, 0.717) is 4.90 Å². The highest BCUT2D eigenvalue weighted by atomic mass is 32.2. The topological polar surface area (TPSA) is 90.5 Å². The first-order valence-electron chi connectivity index (χ1n) is 11.6. The van der Waals surface area contributed by atoms with Gasteiger partial charge in [0.05, 0.1) is 4.90 Å². The zero-order valence-electron chi connectivity index (χ0n) is 20.5. The van der Waals surface area contributed by atoms with Crippen molar-refractivity contribution in [2.24, 2.45) is 0 Å². The van der Waals surface area contributed by atoms with Crippen LogP contribution in [0, 0.1) is 6.92 Å². The van der Waals surface area contributed by atoms with E-state index in [2.05, 4.69) is 20.0 Å². The Balaban J connectivity index is 1.44. The molecule has 1 saturated carbocycles. The summed E-state index contributed by atoms with van der Waals surface area (Å²) in [5.74, 6) is 2.40. The molecule has 0 spiro atoms. The number of fused-ring (bicyclic) bond motifs is 1. The zero-order chi connectivity index (χ0) is 24.5. The van der Waals surface area contributed by atoms with Crippen molar-refractivity contribution in [3.8, 4) is 0 Å². The maximum atomic E-state index is 13.3. The molecule has 0 atom stereocenters. The van der Waals surface area contributed by atoms with Crippen LogP contribution in [-0.2, 0) is 10.0 Å². The molecular weight excluding hydrogens is 448 g/mol. The molecule has 0 unspecified atom stereocenters. The molecule has 2 aromatic carbocycles. The van der Waals surface area contributed by atoms with Gasteiger partial charge >= 0.3 is 0 Å². The summed E-state index contributed by atoms with van der Waals surface area (Å²) in [6.45, 7) is 1.89. The van der Waals surface area contributed by atoms with E-state index in [1.165, 1.54) is 0 Å². The van der Waals surface area contributed by atoms with Crippen molar-refractivity contribution in [3.05, 3.63) is 48.3 Å². The van der Waals surface area contributed by atoms with E-state index in [0.717, 1.165) is 59.6 Å². The standard InChI is InChI=1S/C25H34N6O2S/c1-17-26-24(16-25(27-17)31(4)5)28-18-12-14-19(15-13-18)29-34(32,33)23-11-7-8-20-21(23)9-6-10-22(20)30(2)3/h6-11,16,18-19,29H,12-15H2,1-5H3,(H,26,27,28). The third kappa shape index (κ3) is 5.26. The van der Waals surface area contributed by atoms with Crippen molar-refractivity contribution in [1.82, 2.24) is 14.7 Å². The van der Waals surface area contributed by atoms with E-state index in [-0.39, 0.29) is 12.1 Å². The number of nitrogens with zero attached hydrogens (tertiary/aromatic N) is 4. The molecule has 9 heteroatoms. The van der Waals surface area contributed by atoms with Crippen molar-refractivity contribution >= 4 is 38.1 Å². The first kappa shape index (κ1) is 24.2. The summed E-state index contributed by atoms with van der Waals surface area (Å²) in [7, 11) is 4.20. The van der Waals surface area contributed by atoms with Crippen molar-refractivity contribution in [2.45, 2.75) is 49.6 Å². The van der Waals surface area contributed by atoms with Crippen LogP contribution in [0.1, 0.15) is 31.5 Å². The lowest BCUT2D eigenvalue weighted by atomic mass is 9.92. The second-order valence-electron chi connectivity index (χ2n) is 9.39. The molecule has 3 aromatic rings. The van der Waals surface area contributed by atoms with E-state index < -0.39 is 10.0 Å². The number of anilines is 3. The van der Waals surface area contributed by atoms with Gasteiger partial charge in [-0.15, -0.1) is 0 Å². The second-order valence-corrected chi connectivity index (χ2v) is 11.1. The molecular formula is C25H34N6O2S. The lowest BCUT2D eigenvalue weighted by molar-refractivity contribution is 0.387. The van der Waals surface area contributed by atoms with Crippen LogP contribution >= 0.6 is 0 Å². The quantitative estimate of drug-likeness (QED) is 0.530. The number of rotatable bonds is 7. The molecule has 2 N–H and O–H groups in total. The Morgan fingerprint density at radius 3 is 2.18 bits per heavy atom. The minimum atomic E-state index is -3.64. The Labute approximate surface area is 202 Å². The van der Waals surface area contributed by atoms with Gasteiger partial charge < -0.3 is 15.1 Å². The molecule has 4 rings (SSSR count). The van der Waals surface area contributed by atoms with Crippen molar-refractivity contribution in [3.63, 3.8) is 0 Å². The predicted octanol–water partition coefficient (Wildman–Crippen LogP) is 3.77. The highest BCUT2D eigenvalue weighted by Gasteiger charge is 2.27. The number of aryl methyl sites for hydroxylation is 1. The summed E-state index contributed by atoms with van der Waals surface area (Å²) in [5.41, 5.74) is 0.999. The molecule has 182 valence electrons. The van der Waals surface area contributed by atoms with Crippen LogP contribution < -0.4 is 19.8 Å².